The highest BCUT2D eigenvalue weighted by Crippen LogP contribution is 2.19. The van der Waals surface area contributed by atoms with Crippen LogP contribution in [0.15, 0.2) is 28.6 Å². The van der Waals surface area contributed by atoms with Gasteiger partial charge in [-0.05, 0) is 45.1 Å². The first-order valence-electron chi connectivity index (χ1n) is 6.82. The minimum absolute atomic E-state index is 0.175. The smallest absolute Gasteiger partial charge is 0.251 e. The summed E-state index contributed by atoms with van der Waals surface area (Å²) in [6.45, 7) is 2.40. The van der Waals surface area contributed by atoms with Gasteiger partial charge in [0.25, 0.3) is 5.91 Å². The molecule has 0 radical (unpaired) electrons. The number of amides is 1. The Morgan fingerprint density at radius 3 is 2.89 bits per heavy atom. The lowest BCUT2D eigenvalue weighted by Crippen LogP contribution is -2.26. The van der Waals surface area contributed by atoms with Gasteiger partial charge in [0.2, 0.25) is 5.56 Å². The van der Waals surface area contributed by atoms with Gasteiger partial charge in [-0.15, -0.1) is 0 Å². The van der Waals surface area contributed by atoms with Crippen molar-refractivity contribution in [3.63, 3.8) is 0 Å². The first kappa shape index (κ1) is 13.6. The molecule has 102 valence electrons. The third-order valence-corrected chi connectivity index (χ3v) is 3.36. The minimum atomic E-state index is -0.236. The first-order valence-corrected chi connectivity index (χ1v) is 6.82. The Labute approximate surface area is 112 Å². The van der Waals surface area contributed by atoms with Crippen molar-refractivity contribution in [1.29, 1.82) is 0 Å². The molecule has 0 atom stereocenters. The highest BCUT2D eigenvalue weighted by Gasteiger charge is 2.08. The maximum absolute atomic E-state index is 11.9. The Hall–Kier alpha value is -1.84. The van der Waals surface area contributed by atoms with Gasteiger partial charge in [0.05, 0.1) is 0 Å². The van der Waals surface area contributed by atoms with Gasteiger partial charge < -0.3 is 10.3 Å². The largest absolute Gasteiger partial charge is 0.352 e. The zero-order valence-electron chi connectivity index (χ0n) is 11.3. The normalized spacial score (nSPS) is 14.9. The van der Waals surface area contributed by atoms with Gasteiger partial charge in [0.1, 0.15) is 0 Å². The number of aromatic nitrogens is 1. The van der Waals surface area contributed by atoms with Crippen LogP contribution >= 0.6 is 0 Å². The van der Waals surface area contributed by atoms with Crippen molar-refractivity contribution in [2.24, 2.45) is 0 Å². The molecule has 1 amide bonds. The summed E-state index contributed by atoms with van der Waals surface area (Å²) in [6.07, 6.45) is 8.05. The monoisotopic (exact) mass is 260 g/mol. The molecule has 0 unspecified atom stereocenters. The molecule has 0 saturated heterocycles. The Morgan fingerprint density at radius 1 is 1.37 bits per heavy atom. The van der Waals surface area contributed by atoms with Crippen LogP contribution < -0.4 is 10.9 Å². The number of carbonyl (C=O) groups excluding carboxylic acids is 1. The van der Waals surface area contributed by atoms with Crippen molar-refractivity contribution in [3.05, 3.63) is 45.4 Å². The molecule has 2 rings (SSSR count). The van der Waals surface area contributed by atoms with Crippen LogP contribution in [0.3, 0.4) is 0 Å². The molecule has 0 aliphatic heterocycles. The molecule has 0 fully saturated rings. The van der Waals surface area contributed by atoms with Crippen LogP contribution in [0, 0.1) is 6.92 Å². The summed E-state index contributed by atoms with van der Waals surface area (Å²) in [6, 6.07) is 3.03. The SMILES string of the molecule is Cc1cc(C(=O)NCCC2=CCCCC2)cc(=O)[nH]1. The van der Waals surface area contributed by atoms with E-state index in [0.29, 0.717) is 17.8 Å². The fourth-order valence-corrected chi connectivity index (χ4v) is 2.38. The van der Waals surface area contributed by atoms with Crippen molar-refractivity contribution in [1.82, 2.24) is 10.3 Å². The number of aryl methyl sites for hydroxylation is 1. The molecule has 4 nitrogen and oxygen atoms in total. The molecule has 1 aliphatic rings. The van der Waals surface area contributed by atoms with Gasteiger partial charge in [-0.2, -0.15) is 0 Å². The highest BCUT2D eigenvalue weighted by molar-refractivity contribution is 5.94. The van der Waals surface area contributed by atoms with Crippen LogP contribution in [0.4, 0.5) is 0 Å². The van der Waals surface area contributed by atoms with Crippen LogP contribution in [0.1, 0.15) is 48.2 Å². The summed E-state index contributed by atoms with van der Waals surface area (Å²) in [5.74, 6) is -0.175. The fourth-order valence-electron chi connectivity index (χ4n) is 2.38. The molecule has 1 aliphatic carbocycles. The molecule has 2 N–H and O–H groups in total. The van der Waals surface area contributed by atoms with E-state index in [1.165, 1.54) is 24.5 Å². The summed E-state index contributed by atoms with van der Waals surface area (Å²) >= 11 is 0. The maximum Gasteiger partial charge on any atom is 0.251 e. The van der Waals surface area contributed by atoms with E-state index < -0.39 is 0 Å². The molecule has 0 saturated carbocycles. The number of allylic oxidation sites excluding steroid dienone is 1. The van der Waals surface area contributed by atoms with E-state index in [-0.39, 0.29) is 11.5 Å². The molecule has 1 aromatic rings. The van der Waals surface area contributed by atoms with E-state index in [4.69, 9.17) is 0 Å². The van der Waals surface area contributed by atoms with Gasteiger partial charge in [0, 0.05) is 23.9 Å². The zero-order chi connectivity index (χ0) is 13.7. The average Bonchev–Trinajstić information content (AvgIpc) is 2.38. The lowest BCUT2D eigenvalue weighted by Gasteiger charge is -2.13. The van der Waals surface area contributed by atoms with E-state index in [1.807, 2.05) is 0 Å². The van der Waals surface area contributed by atoms with Crippen LogP contribution in [-0.2, 0) is 0 Å². The molecular formula is C15H20N2O2. The zero-order valence-corrected chi connectivity index (χ0v) is 11.3. The number of carbonyl (C=O) groups is 1. The molecule has 0 aromatic carbocycles. The number of hydrogen-bond donors (Lipinski definition) is 2. The number of pyridine rings is 1. The Bertz CT molecular complexity index is 543. The molecule has 1 aromatic heterocycles. The van der Waals surface area contributed by atoms with Crippen molar-refractivity contribution in [2.45, 2.75) is 39.0 Å². The van der Waals surface area contributed by atoms with Gasteiger partial charge in [-0.25, -0.2) is 0 Å². The Kier molecular flexibility index (Phi) is 4.55. The lowest BCUT2D eigenvalue weighted by molar-refractivity contribution is 0.0953. The van der Waals surface area contributed by atoms with Crippen LogP contribution in [-0.4, -0.2) is 17.4 Å². The quantitative estimate of drug-likeness (QED) is 0.816. The minimum Gasteiger partial charge on any atom is -0.352 e. The molecule has 0 bridgehead atoms. The van der Waals surface area contributed by atoms with E-state index in [0.717, 1.165) is 19.3 Å². The summed E-state index contributed by atoms with van der Waals surface area (Å²) in [5.41, 5.74) is 2.33. The second-order valence-corrected chi connectivity index (χ2v) is 5.03. The summed E-state index contributed by atoms with van der Waals surface area (Å²) in [7, 11) is 0. The Morgan fingerprint density at radius 2 is 2.21 bits per heavy atom. The van der Waals surface area contributed by atoms with Gasteiger partial charge >= 0.3 is 0 Å². The van der Waals surface area contributed by atoms with Gasteiger partial charge in [-0.1, -0.05) is 11.6 Å². The maximum atomic E-state index is 11.9. The molecule has 4 heteroatoms. The van der Waals surface area contributed by atoms with E-state index in [9.17, 15) is 9.59 Å². The number of H-pyrrole nitrogens is 1. The molecular weight excluding hydrogens is 240 g/mol. The lowest BCUT2D eigenvalue weighted by atomic mass is 9.97. The predicted octanol–water partition coefficient (Wildman–Crippen LogP) is 2.30. The van der Waals surface area contributed by atoms with Crippen LogP contribution in [0.25, 0.3) is 0 Å². The summed E-state index contributed by atoms with van der Waals surface area (Å²) < 4.78 is 0. The Balaban J connectivity index is 1.87. The van der Waals surface area contributed by atoms with Crippen molar-refractivity contribution in [2.75, 3.05) is 6.54 Å². The van der Waals surface area contributed by atoms with Crippen molar-refractivity contribution >= 4 is 5.91 Å². The number of hydrogen-bond acceptors (Lipinski definition) is 2. The molecule has 19 heavy (non-hydrogen) atoms. The standard InChI is InChI=1S/C15H20N2O2/c1-11-9-13(10-14(18)17-11)15(19)16-8-7-12-5-3-2-4-6-12/h5,9-10H,2-4,6-8H2,1H3,(H,16,19)(H,17,18). The highest BCUT2D eigenvalue weighted by atomic mass is 16.2. The molecule has 1 heterocycles. The second-order valence-electron chi connectivity index (χ2n) is 5.03. The van der Waals surface area contributed by atoms with E-state index >= 15 is 0 Å². The summed E-state index contributed by atoms with van der Waals surface area (Å²) in [4.78, 5) is 25.8. The third kappa shape index (κ3) is 4.09. The fraction of sp³-hybridized carbons (Fsp3) is 0.467. The van der Waals surface area contributed by atoms with E-state index in [1.54, 1.807) is 13.0 Å². The van der Waals surface area contributed by atoms with Gasteiger partial charge in [-0.3, -0.25) is 9.59 Å². The average molecular weight is 260 g/mol. The predicted molar refractivity (Wildman–Crippen MR) is 75.3 cm³/mol. The number of nitrogens with one attached hydrogen (secondary N) is 2. The van der Waals surface area contributed by atoms with Crippen LogP contribution in [0.2, 0.25) is 0 Å². The van der Waals surface area contributed by atoms with Crippen molar-refractivity contribution < 1.29 is 4.79 Å². The number of rotatable bonds is 4. The first-order chi connectivity index (χ1) is 9.15. The third-order valence-electron chi connectivity index (χ3n) is 3.36. The van der Waals surface area contributed by atoms with Crippen LogP contribution in [0.5, 0.6) is 0 Å². The van der Waals surface area contributed by atoms with Crippen molar-refractivity contribution in [3.8, 4) is 0 Å². The number of aromatic amines is 1. The topological polar surface area (TPSA) is 62.0 Å². The molecule has 0 spiro atoms. The summed E-state index contributed by atoms with van der Waals surface area (Å²) in [5, 5.41) is 2.87. The van der Waals surface area contributed by atoms with E-state index in [2.05, 4.69) is 16.4 Å². The second kappa shape index (κ2) is 6.36. The van der Waals surface area contributed by atoms with Gasteiger partial charge in [0.15, 0.2) is 0 Å².